The van der Waals surface area contributed by atoms with E-state index in [1.165, 1.54) is 0 Å². The van der Waals surface area contributed by atoms with E-state index < -0.39 is 5.54 Å². The molecule has 86 valence electrons. The van der Waals surface area contributed by atoms with Gasteiger partial charge in [-0.2, -0.15) is 15.0 Å². The Bertz CT molecular complexity index is 414. The molecule has 0 atom stereocenters. The monoisotopic (exact) mass is 240 g/mol. The average Bonchev–Trinajstić information content (AvgIpc) is 2.16. The Morgan fingerprint density at radius 2 is 2.12 bits per heavy atom. The second-order valence-electron chi connectivity index (χ2n) is 3.54. The van der Waals surface area contributed by atoms with E-state index in [-0.39, 0.29) is 11.3 Å². The van der Waals surface area contributed by atoms with Gasteiger partial charge in [-0.1, -0.05) is 5.92 Å². The quantitative estimate of drug-likeness (QED) is 0.813. The molecule has 0 saturated carbocycles. The summed E-state index contributed by atoms with van der Waals surface area (Å²) in [5, 5.41) is 3.01. The topological polar surface area (TPSA) is 59.9 Å². The van der Waals surface area contributed by atoms with E-state index in [1.807, 2.05) is 20.8 Å². The van der Waals surface area contributed by atoms with Gasteiger partial charge in [0.05, 0.1) is 12.1 Å². The average molecular weight is 241 g/mol. The molecule has 0 aliphatic carbocycles. The van der Waals surface area contributed by atoms with E-state index in [2.05, 4.69) is 26.2 Å². The minimum atomic E-state index is -0.561. The predicted molar refractivity (Wildman–Crippen MR) is 62.5 cm³/mol. The van der Waals surface area contributed by atoms with Crippen molar-refractivity contribution in [1.82, 2.24) is 15.0 Å². The minimum absolute atomic E-state index is 0.0637. The summed E-state index contributed by atoms with van der Waals surface area (Å²) in [4.78, 5) is 11.7. The summed E-state index contributed by atoms with van der Waals surface area (Å²) in [6, 6.07) is 0.179. The lowest BCUT2D eigenvalue weighted by atomic mass is 10.1. The van der Waals surface area contributed by atoms with Crippen LogP contribution in [0.3, 0.4) is 0 Å². The van der Waals surface area contributed by atoms with Crippen molar-refractivity contribution in [3.63, 3.8) is 0 Å². The van der Waals surface area contributed by atoms with Crippen molar-refractivity contribution in [3.05, 3.63) is 5.28 Å². The first-order valence-corrected chi connectivity index (χ1v) is 5.15. The van der Waals surface area contributed by atoms with E-state index in [0.29, 0.717) is 12.6 Å². The van der Waals surface area contributed by atoms with Crippen molar-refractivity contribution >= 4 is 17.5 Å². The zero-order chi connectivity index (χ0) is 12.2. The number of nitrogens with one attached hydrogen (secondary N) is 1. The van der Waals surface area contributed by atoms with Crippen LogP contribution in [0.2, 0.25) is 5.28 Å². The molecule has 0 radical (unpaired) electrons. The molecule has 0 fully saturated rings. The van der Waals surface area contributed by atoms with Gasteiger partial charge in [0.1, 0.15) is 0 Å². The predicted octanol–water partition coefficient (Wildman–Crippen LogP) is 1.75. The standard InChI is InChI=1S/C10H13ClN4O/c1-5-10(3,4)15-8-12-7(11)13-9(14-8)16-6-2/h1H,6H2,2-4H3,(H,12,13,14,15). The molecule has 0 bridgehead atoms. The third kappa shape index (κ3) is 3.55. The third-order valence-electron chi connectivity index (χ3n) is 1.65. The normalized spacial score (nSPS) is 10.7. The van der Waals surface area contributed by atoms with Gasteiger partial charge < -0.3 is 10.1 Å². The van der Waals surface area contributed by atoms with Gasteiger partial charge in [0.2, 0.25) is 11.2 Å². The summed E-state index contributed by atoms with van der Waals surface area (Å²) >= 11 is 5.72. The molecule has 0 aliphatic rings. The Kier molecular flexibility index (Phi) is 3.91. The van der Waals surface area contributed by atoms with E-state index in [4.69, 9.17) is 22.8 Å². The third-order valence-corrected chi connectivity index (χ3v) is 1.82. The SMILES string of the molecule is C#CC(C)(C)Nc1nc(Cl)nc(OCC)n1. The number of nitrogens with zero attached hydrogens (tertiary/aromatic N) is 3. The lowest BCUT2D eigenvalue weighted by Crippen LogP contribution is -2.29. The number of hydrogen-bond acceptors (Lipinski definition) is 5. The molecule has 0 unspecified atom stereocenters. The van der Waals surface area contributed by atoms with Crippen LogP contribution in [0.25, 0.3) is 0 Å². The number of aromatic nitrogens is 3. The fourth-order valence-electron chi connectivity index (χ4n) is 0.897. The fraction of sp³-hybridized carbons (Fsp3) is 0.500. The van der Waals surface area contributed by atoms with Crippen LogP contribution in [0.15, 0.2) is 0 Å². The second-order valence-corrected chi connectivity index (χ2v) is 3.88. The molecule has 0 spiro atoms. The van der Waals surface area contributed by atoms with Gasteiger partial charge in [0.25, 0.3) is 0 Å². The molecule has 1 aromatic rings. The van der Waals surface area contributed by atoms with E-state index in [1.54, 1.807) is 0 Å². The Balaban J connectivity index is 2.93. The van der Waals surface area contributed by atoms with Crippen LogP contribution in [0.1, 0.15) is 20.8 Å². The zero-order valence-electron chi connectivity index (χ0n) is 9.41. The van der Waals surface area contributed by atoms with E-state index >= 15 is 0 Å². The summed E-state index contributed by atoms with van der Waals surface area (Å²) < 4.78 is 5.14. The number of hydrogen-bond donors (Lipinski definition) is 1. The van der Waals surface area contributed by atoms with Gasteiger partial charge in [-0.3, -0.25) is 0 Å². The summed E-state index contributed by atoms with van der Waals surface area (Å²) in [5.74, 6) is 2.86. The number of anilines is 1. The Morgan fingerprint density at radius 1 is 1.44 bits per heavy atom. The number of ether oxygens (including phenoxy) is 1. The molecule has 5 nitrogen and oxygen atoms in total. The van der Waals surface area contributed by atoms with Crippen LogP contribution in [0, 0.1) is 12.3 Å². The minimum Gasteiger partial charge on any atom is -0.464 e. The van der Waals surface area contributed by atoms with E-state index in [9.17, 15) is 0 Å². The second kappa shape index (κ2) is 4.99. The molecule has 6 heteroatoms. The molecule has 0 aliphatic heterocycles. The largest absolute Gasteiger partial charge is 0.464 e. The molecular weight excluding hydrogens is 228 g/mol. The van der Waals surface area contributed by atoms with Crippen molar-refractivity contribution in [2.45, 2.75) is 26.3 Å². The van der Waals surface area contributed by atoms with Crippen LogP contribution < -0.4 is 10.1 Å². The maximum Gasteiger partial charge on any atom is 0.322 e. The van der Waals surface area contributed by atoms with Gasteiger partial charge >= 0.3 is 6.01 Å². The summed E-state index contributed by atoms with van der Waals surface area (Å²) in [5.41, 5.74) is -0.561. The molecule has 1 aromatic heterocycles. The maximum absolute atomic E-state index is 5.72. The molecule has 1 rings (SSSR count). The first kappa shape index (κ1) is 12.5. The van der Waals surface area contributed by atoms with E-state index in [0.717, 1.165) is 0 Å². The molecule has 1 heterocycles. The van der Waals surface area contributed by atoms with Crippen molar-refractivity contribution in [2.75, 3.05) is 11.9 Å². The Labute approximate surface area is 99.6 Å². The molecule has 1 N–H and O–H groups in total. The van der Waals surface area contributed by atoms with Gasteiger partial charge in [0.15, 0.2) is 0 Å². The smallest absolute Gasteiger partial charge is 0.322 e. The van der Waals surface area contributed by atoms with Crippen molar-refractivity contribution in [3.8, 4) is 18.4 Å². The zero-order valence-corrected chi connectivity index (χ0v) is 10.2. The Hall–Kier alpha value is -1.54. The molecular formula is C10H13ClN4O. The van der Waals surface area contributed by atoms with Crippen LogP contribution in [0.4, 0.5) is 5.95 Å². The highest BCUT2D eigenvalue weighted by molar-refractivity contribution is 6.28. The first-order valence-electron chi connectivity index (χ1n) is 4.77. The van der Waals surface area contributed by atoms with Crippen LogP contribution in [-0.4, -0.2) is 27.1 Å². The molecule has 16 heavy (non-hydrogen) atoms. The lowest BCUT2D eigenvalue weighted by Gasteiger charge is -2.19. The number of terminal acetylenes is 1. The highest BCUT2D eigenvalue weighted by Crippen LogP contribution is 2.15. The number of rotatable bonds is 4. The van der Waals surface area contributed by atoms with Crippen molar-refractivity contribution in [2.24, 2.45) is 0 Å². The Morgan fingerprint density at radius 3 is 2.69 bits per heavy atom. The van der Waals surface area contributed by atoms with Crippen LogP contribution in [0.5, 0.6) is 6.01 Å². The molecule has 0 aromatic carbocycles. The lowest BCUT2D eigenvalue weighted by molar-refractivity contribution is 0.312. The van der Waals surface area contributed by atoms with Crippen molar-refractivity contribution < 1.29 is 4.74 Å². The van der Waals surface area contributed by atoms with Gasteiger partial charge in [0, 0.05) is 0 Å². The van der Waals surface area contributed by atoms with Crippen molar-refractivity contribution in [1.29, 1.82) is 0 Å². The van der Waals surface area contributed by atoms with Gasteiger partial charge in [-0.25, -0.2) is 0 Å². The highest BCUT2D eigenvalue weighted by atomic mass is 35.5. The number of halogens is 1. The van der Waals surface area contributed by atoms with Crippen LogP contribution in [-0.2, 0) is 0 Å². The summed E-state index contributed by atoms with van der Waals surface area (Å²) in [7, 11) is 0. The molecule has 0 saturated heterocycles. The van der Waals surface area contributed by atoms with Gasteiger partial charge in [-0.05, 0) is 32.4 Å². The maximum atomic E-state index is 5.72. The summed E-state index contributed by atoms with van der Waals surface area (Å²) in [6.45, 7) is 5.94. The van der Waals surface area contributed by atoms with Crippen LogP contribution >= 0.6 is 11.6 Å². The molecule has 0 amide bonds. The highest BCUT2D eigenvalue weighted by Gasteiger charge is 2.16. The van der Waals surface area contributed by atoms with Gasteiger partial charge in [-0.15, -0.1) is 6.42 Å². The fourth-order valence-corrected chi connectivity index (χ4v) is 1.05. The first-order chi connectivity index (χ1) is 7.46. The summed E-state index contributed by atoms with van der Waals surface area (Å²) in [6.07, 6.45) is 5.34.